The summed E-state index contributed by atoms with van der Waals surface area (Å²) in [5.41, 5.74) is 0. The van der Waals surface area contributed by atoms with E-state index in [9.17, 15) is 4.79 Å². The molecule has 13 nitrogen and oxygen atoms in total. The van der Waals surface area contributed by atoms with Crippen LogP contribution in [0.2, 0.25) is 0 Å². The fraction of sp³-hybridized carbons (Fsp3) is 0.923. The predicted octanol–water partition coefficient (Wildman–Crippen LogP) is -7.35. The second-order valence-electron chi connectivity index (χ2n) is 4.88. The number of carbonyl (C=O) groups is 1. The first kappa shape index (κ1) is 29.9. The predicted molar refractivity (Wildman–Crippen MR) is 83.5 cm³/mol. The minimum atomic E-state index is -1.64. The number of rotatable bonds is 10. The highest BCUT2D eigenvalue weighted by atomic mass is 16.4. The summed E-state index contributed by atoms with van der Waals surface area (Å²) in [5, 5.41) is 101. The van der Waals surface area contributed by atoms with Crippen LogP contribution in [0.1, 0.15) is 0 Å². The Bertz CT molecular complexity index is 292. The normalized spacial score (nSPS) is 17.6. The summed E-state index contributed by atoms with van der Waals surface area (Å²) in [4.78, 5) is 9.76. The van der Waals surface area contributed by atoms with Crippen molar-refractivity contribution in [3.05, 3.63) is 0 Å². The molecule has 0 fully saturated rings. The number of hydrogen-bond acceptors (Lipinski definition) is 13. The molecule has 0 saturated heterocycles. The molecule has 0 bridgehead atoms. The molecule has 160 valence electrons. The summed E-state index contributed by atoms with van der Waals surface area (Å²) in [6.45, 7) is -2.70. The van der Waals surface area contributed by atoms with Gasteiger partial charge in [-0.1, -0.05) is 0 Å². The van der Waals surface area contributed by atoms with Gasteiger partial charge in [0.25, 0.3) is 0 Å². The molecule has 13 heteroatoms. The highest BCUT2D eigenvalue weighted by molar-refractivity contribution is 5.56. The molecule has 1 unspecified atom stereocenters. The quantitative estimate of drug-likeness (QED) is 0.154. The van der Waals surface area contributed by atoms with E-state index in [-0.39, 0.29) is 19.5 Å². The first-order valence-electron chi connectivity index (χ1n) is 7.33. The summed E-state index contributed by atoms with van der Waals surface area (Å²) in [6, 6.07) is 0. The van der Waals surface area contributed by atoms with Crippen LogP contribution in [0.15, 0.2) is 0 Å². The van der Waals surface area contributed by atoms with Crippen LogP contribution in [0.25, 0.3) is 0 Å². The van der Waals surface area contributed by atoms with Gasteiger partial charge in [0.05, 0.1) is 33.0 Å². The highest BCUT2D eigenvalue weighted by Crippen LogP contribution is 1.98. The third kappa shape index (κ3) is 15.4. The summed E-state index contributed by atoms with van der Waals surface area (Å²) in [7, 11) is 0. The van der Waals surface area contributed by atoms with Crippen LogP contribution < -0.4 is 0 Å². The van der Waals surface area contributed by atoms with E-state index in [0.29, 0.717) is 0 Å². The Balaban J connectivity index is -0.000000316. The van der Waals surface area contributed by atoms with Gasteiger partial charge in [-0.15, -0.1) is 0 Å². The SMILES string of the molecule is O=C[C@H](O)[C@@H](O)[C@H](O)CO.OCC(O)CO.OC[C@@H](O)C(O)[C@@H](O)CO. The van der Waals surface area contributed by atoms with Crippen molar-refractivity contribution < 1.29 is 66.1 Å². The molecular formula is C13H30O13. The number of hydrogen-bond donors (Lipinski definition) is 12. The fourth-order valence-corrected chi connectivity index (χ4v) is 0.946. The molecule has 0 radical (unpaired) electrons. The maximum absolute atomic E-state index is 9.76. The number of aldehydes is 1. The Kier molecular flexibility index (Phi) is 21.8. The molecule has 0 aromatic heterocycles. The Morgan fingerprint density at radius 1 is 0.538 bits per heavy atom. The molecule has 26 heavy (non-hydrogen) atoms. The molecule has 0 spiro atoms. The van der Waals surface area contributed by atoms with Crippen molar-refractivity contribution in [1.29, 1.82) is 0 Å². The van der Waals surface area contributed by atoms with E-state index in [1.807, 2.05) is 0 Å². The van der Waals surface area contributed by atoms with E-state index in [0.717, 1.165) is 0 Å². The molecule has 0 aliphatic heterocycles. The third-order valence-corrected chi connectivity index (χ3v) is 2.65. The van der Waals surface area contributed by atoms with Crippen molar-refractivity contribution in [1.82, 2.24) is 0 Å². The Morgan fingerprint density at radius 2 is 0.846 bits per heavy atom. The summed E-state index contributed by atoms with van der Waals surface area (Å²) in [5.74, 6) is 0. The summed E-state index contributed by atoms with van der Waals surface area (Å²) >= 11 is 0. The van der Waals surface area contributed by atoms with Crippen LogP contribution in [-0.4, -0.2) is 143 Å². The van der Waals surface area contributed by atoms with Gasteiger partial charge in [0.15, 0.2) is 6.29 Å². The van der Waals surface area contributed by atoms with Crippen molar-refractivity contribution in [2.24, 2.45) is 0 Å². The molecule has 0 amide bonds. The van der Waals surface area contributed by atoms with Crippen LogP contribution in [-0.2, 0) is 4.79 Å². The van der Waals surface area contributed by atoms with Crippen molar-refractivity contribution in [2.75, 3.05) is 33.0 Å². The lowest BCUT2D eigenvalue weighted by molar-refractivity contribution is -0.127. The van der Waals surface area contributed by atoms with E-state index >= 15 is 0 Å². The number of aliphatic hydroxyl groups excluding tert-OH is 12. The molecule has 0 aromatic rings. The van der Waals surface area contributed by atoms with Crippen LogP contribution >= 0.6 is 0 Å². The fourth-order valence-electron chi connectivity index (χ4n) is 0.946. The minimum absolute atomic E-state index is 0.0869. The molecule has 12 N–H and O–H groups in total. The number of carbonyl (C=O) groups excluding carboxylic acids is 1. The largest absolute Gasteiger partial charge is 0.394 e. The zero-order valence-electron chi connectivity index (χ0n) is 13.9. The monoisotopic (exact) mass is 394 g/mol. The maximum Gasteiger partial charge on any atom is 0.151 e. The van der Waals surface area contributed by atoms with Gasteiger partial charge in [0, 0.05) is 0 Å². The third-order valence-electron chi connectivity index (χ3n) is 2.65. The molecule has 0 rings (SSSR count). The second-order valence-corrected chi connectivity index (χ2v) is 4.88. The van der Waals surface area contributed by atoms with Crippen molar-refractivity contribution in [2.45, 2.75) is 42.7 Å². The van der Waals surface area contributed by atoms with Gasteiger partial charge in [-0.05, 0) is 0 Å². The van der Waals surface area contributed by atoms with Gasteiger partial charge in [-0.2, -0.15) is 0 Å². The van der Waals surface area contributed by atoms with Crippen molar-refractivity contribution in [3.8, 4) is 0 Å². The Hall–Kier alpha value is -0.810. The topological polar surface area (TPSA) is 260 Å². The average molecular weight is 394 g/mol. The lowest BCUT2D eigenvalue weighted by Gasteiger charge is -2.19. The smallest absolute Gasteiger partial charge is 0.151 e. The molecule has 0 aliphatic rings. The first-order valence-corrected chi connectivity index (χ1v) is 7.33. The molecular weight excluding hydrogens is 364 g/mol. The standard InChI is InChI=1S/C5H12O5.C5H10O5.C3H8O3/c2*6-1-3(8)5(10)4(9)2-7;4-1-3(6)2-5/h3-10H,1-2H2;1,3-5,7-10H,2H2;3-6H,1-2H2/t3-,4+,5?;3-,4+,5+;/m.0./s1. The van der Waals surface area contributed by atoms with Gasteiger partial charge < -0.3 is 66.1 Å². The van der Waals surface area contributed by atoms with E-state index in [4.69, 9.17) is 61.3 Å². The molecule has 6 atom stereocenters. The summed E-state index contributed by atoms with van der Waals surface area (Å²) in [6.07, 6.45) is -9.88. The van der Waals surface area contributed by atoms with Crippen LogP contribution in [0.5, 0.6) is 0 Å². The lowest BCUT2D eigenvalue weighted by atomic mass is 10.1. The summed E-state index contributed by atoms with van der Waals surface area (Å²) < 4.78 is 0. The highest BCUT2D eigenvalue weighted by Gasteiger charge is 2.23. The van der Waals surface area contributed by atoms with Crippen molar-refractivity contribution in [3.63, 3.8) is 0 Å². The van der Waals surface area contributed by atoms with Crippen molar-refractivity contribution >= 4 is 6.29 Å². The lowest BCUT2D eigenvalue weighted by Crippen LogP contribution is -2.41. The Labute approximate surface area is 149 Å². The van der Waals surface area contributed by atoms with Crippen LogP contribution in [0, 0.1) is 0 Å². The van der Waals surface area contributed by atoms with E-state index in [2.05, 4.69) is 0 Å². The zero-order valence-corrected chi connectivity index (χ0v) is 13.9. The van der Waals surface area contributed by atoms with E-state index < -0.39 is 62.5 Å². The molecule has 0 aliphatic carbocycles. The van der Waals surface area contributed by atoms with Gasteiger partial charge in [-0.25, -0.2) is 0 Å². The first-order chi connectivity index (χ1) is 12.1. The average Bonchev–Trinajstić information content (AvgIpc) is 2.69. The second kappa shape index (κ2) is 19.0. The van der Waals surface area contributed by atoms with E-state index in [1.54, 1.807) is 0 Å². The molecule has 0 heterocycles. The van der Waals surface area contributed by atoms with Gasteiger partial charge in [0.1, 0.15) is 42.7 Å². The Morgan fingerprint density at radius 3 is 1.04 bits per heavy atom. The zero-order chi connectivity index (χ0) is 21.3. The van der Waals surface area contributed by atoms with Gasteiger partial charge >= 0.3 is 0 Å². The van der Waals surface area contributed by atoms with Crippen LogP contribution in [0.3, 0.4) is 0 Å². The van der Waals surface area contributed by atoms with Crippen LogP contribution in [0.4, 0.5) is 0 Å². The number of aliphatic hydroxyl groups is 12. The maximum atomic E-state index is 9.76. The van der Waals surface area contributed by atoms with Gasteiger partial charge in [0.2, 0.25) is 0 Å². The molecule has 0 aromatic carbocycles. The molecule has 0 saturated carbocycles. The van der Waals surface area contributed by atoms with Gasteiger partial charge in [-0.3, -0.25) is 0 Å². The van der Waals surface area contributed by atoms with E-state index in [1.165, 1.54) is 0 Å². The minimum Gasteiger partial charge on any atom is -0.394 e.